The van der Waals surface area contributed by atoms with Gasteiger partial charge in [0.15, 0.2) is 0 Å². The van der Waals surface area contributed by atoms with Crippen LogP contribution in [0.25, 0.3) is 6.08 Å². The van der Waals surface area contributed by atoms with Crippen molar-refractivity contribution in [1.29, 1.82) is 0 Å². The van der Waals surface area contributed by atoms with Gasteiger partial charge < -0.3 is 14.4 Å². The van der Waals surface area contributed by atoms with Gasteiger partial charge in [-0.2, -0.15) is 0 Å². The lowest BCUT2D eigenvalue weighted by atomic mass is 9.47. The number of hydrogen-bond acceptors (Lipinski definition) is 6. The van der Waals surface area contributed by atoms with Crippen LogP contribution >= 0.6 is 0 Å². The van der Waals surface area contributed by atoms with Crippen LogP contribution in [0.3, 0.4) is 0 Å². The van der Waals surface area contributed by atoms with E-state index in [-0.39, 0.29) is 34.5 Å². The molecular weight excluding hydrogens is 685 g/mol. The summed E-state index contributed by atoms with van der Waals surface area (Å²) >= 11 is 0. The fourth-order valence-corrected chi connectivity index (χ4v) is 13.2. The first-order valence-corrected chi connectivity index (χ1v) is 21.6. The summed E-state index contributed by atoms with van der Waals surface area (Å²) in [4.78, 5) is 27.0. The zero-order valence-corrected chi connectivity index (χ0v) is 34.4. The van der Waals surface area contributed by atoms with E-state index < -0.39 is 11.1 Å². The summed E-state index contributed by atoms with van der Waals surface area (Å²) in [6.07, 6.45) is 20.5. The molecule has 3 fully saturated rings. The molecule has 2 heterocycles. The number of non-ortho nitro benzene ring substituents is 1. The fraction of sp³-hybridized carbons (Fsp3) is 0.646. The standard InChI is InChI=1S/C48H64N2O5/c1-31(2)11-10-12-32(3)38-18-19-39-37-17-15-34-30-36(22-25-46(34,6)40(37)23-26-47(38,39)7)54-44(51)24-28-49-42-14-9-8-13-41(42)45(4,5)48(49)27-21-33-29-35(50(52)53)16-20-43(33)55-48/h8-9,13-16,20-21,27,29,31-32,36-40H,10-12,17-19,22-26,28,30H2,1-7H3/t32-,36+,37+,38-,39+,40+,46+,47-,48-/m1/s1. The van der Waals surface area contributed by atoms with Gasteiger partial charge >= 0.3 is 5.97 Å². The molecular formula is C48H64N2O5. The van der Waals surface area contributed by atoms with Gasteiger partial charge in [0.1, 0.15) is 11.9 Å². The van der Waals surface area contributed by atoms with Crippen LogP contribution in [0, 0.1) is 56.5 Å². The number of benzene rings is 2. The van der Waals surface area contributed by atoms with Gasteiger partial charge in [-0.1, -0.05) is 83.7 Å². The van der Waals surface area contributed by atoms with Crippen molar-refractivity contribution >= 4 is 23.4 Å². The molecule has 9 atom stereocenters. The van der Waals surface area contributed by atoms with Gasteiger partial charge in [0, 0.05) is 36.3 Å². The molecule has 6 aliphatic rings. The van der Waals surface area contributed by atoms with Gasteiger partial charge in [-0.3, -0.25) is 14.9 Å². The summed E-state index contributed by atoms with van der Waals surface area (Å²) in [5.41, 5.74) is 3.75. The smallest absolute Gasteiger partial charge is 0.307 e. The highest BCUT2D eigenvalue weighted by molar-refractivity contribution is 5.75. The van der Waals surface area contributed by atoms with Gasteiger partial charge in [-0.15, -0.1) is 0 Å². The van der Waals surface area contributed by atoms with Crippen molar-refractivity contribution in [1.82, 2.24) is 0 Å². The number of ether oxygens (including phenoxy) is 2. The Hall–Kier alpha value is -3.61. The van der Waals surface area contributed by atoms with Gasteiger partial charge in [0.25, 0.3) is 5.69 Å². The van der Waals surface area contributed by atoms with E-state index in [9.17, 15) is 14.9 Å². The number of allylic oxidation sites excluding steroid dienone is 1. The molecule has 4 aliphatic carbocycles. The minimum absolute atomic E-state index is 0.0324. The first-order valence-electron chi connectivity index (χ1n) is 21.6. The highest BCUT2D eigenvalue weighted by atomic mass is 16.6. The normalized spacial score (nSPS) is 34.5. The summed E-state index contributed by atoms with van der Waals surface area (Å²) in [5, 5.41) is 11.5. The third kappa shape index (κ3) is 6.25. The van der Waals surface area contributed by atoms with Gasteiger partial charge in [0.05, 0.1) is 16.8 Å². The largest absolute Gasteiger partial charge is 0.463 e. The minimum Gasteiger partial charge on any atom is -0.463 e. The Kier molecular flexibility index (Phi) is 9.81. The topological polar surface area (TPSA) is 81.9 Å². The second-order valence-corrected chi connectivity index (χ2v) is 19.8. The van der Waals surface area contributed by atoms with Crippen molar-refractivity contribution in [3.63, 3.8) is 0 Å². The average molecular weight is 749 g/mol. The summed E-state index contributed by atoms with van der Waals surface area (Å²) in [5.74, 6) is 5.30. The molecule has 7 nitrogen and oxygen atoms in total. The van der Waals surface area contributed by atoms with E-state index in [0.717, 1.165) is 66.0 Å². The Morgan fingerprint density at radius 3 is 2.58 bits per heavy atom. The first-order chi connectivity index (χ1) is 26.2. The van der Waals surface area contributed by atoms with Gasteiger partial charge in [-0.05, 0) is 135 Å². The van der Waals surface area contributed by atoms with Crippen LogP contribution in [0.15, 0.2) is 60.2 Å². The van der Waals surface area contributed by atoms with Crippen molar-refractivity contribution in [2.75, 3.05) is 11.4 Å². The molecule has 55 heavy (non-hydrogen) atoms. The van der Waals surface area contributed by atoms with Crippen LogP contribution < -0.4 is 9.64 Å². The van der Waals surface area contributed by atoms with Crippen LogP contribution in [-0.4, -0.2) is 29.3 Å². The molecule has 0 bridgehead atoms. The summed E-state index contributed by atoms with van der Waals surface area (Å²) < 4.78 is 13.2. The number of hydrogen-bond donors (Lipinski definition) is 0. The Morgan fingerprint density at radius 2 is 1.80 bits per heavy atom. The number of carbonyl (C=O) groups excluding carboxylic acids is 1. The summed E-state index contributed by atoms with van der Waals surface area (Å²) in [6, 6.07) is 13.0. The number of rotatable bonds is 10. The molecule has 2 aromatic rings. The molecule has 3 saturated carbocycles. The predicted molar refractivity (Wildman–Crippen MR) is 220 cm³/mol. The van der Waals surface area contributed by atoms with Crippen LogP contribution in [0.5, 0.6) is 5.75 Å². The molecule has 296 valence electrons. The average Bonchev–Trinajstić information content (AvgIpc) is 3.59. The number of fused-ring (bicyclic) bond motifs is 7. The molecule has 8 rings (SSSR count). The van der Waals surface area contributed by atoms with Gasteiger partial charge in [0.2, 0.25) is 5.72 Å². The zero-order valence-electron chi connectivity index (χ0n) is 34.4. The molecule has 0 unspecified atom stereocenters. The predicted octanol–water partition coefficient (Wildman–Crippen LogP) is 11.8. The summed E-state index contributed by atoms with van der Waals surface area (Å²) in [6.45, 7) is 17.3. The molecule has 1 spiro atoms. The number of nitrogens with zero attached hydrogens (tertiary/aromatic N) is 2. The number of anilines is 1. The molecule has 7 heteroatoms. The lowest BCUT2D eigenvalue weighted by molar-refractivity contribution is -0.384. The Labute approximate surface area is 329 Å². The van der Waals surface area contributed by atoms with Crippen molar-refractivity contribution < 1.29 is 19.2 Å². The van der Waals surface area contributed by atoms with Crippen LogP contribution in [-0.2, 0) is 14.9 Å². The number of carbonyl (C=O) groups is 1. The molecule has 2 aromatic carbocycles. The van der Waals surface area contributed by atoms with Crippen molar-refractivity contribution in [2.24, 2.45) is 46.3 Å². The second kappa shape index (κ2) is 14.1. The zero-order chi connectivity index (χ0) is 38.9. The summed E-state index contributed by atoms with van der Waals surface area (Å²) in [7, 11) is 0. The number of nitro benzene ring substituents is 1. The maximum Gasteiger partial charge on any atom is 0.307 e. The number of esters is 1. The van der Waals surface area contributed by atoms with E-state index in [1.54, 1.807) is 17.7 Å². The lowest BCUT2D eigenvalue weighted by Gasteiger charge is -2.58. The van der Waals surface area contributed by atoms with Crippen molar-refractivity contribution in [3.8, 4) is 5.75 Å². The van der Waals surface area contributed by atoms with Crippen LogP contribution in [0.4, 0.5) is 11.4 Å². The van der Waals surface area contributed by atoms with E-state index in [1.165, 1.54) is 57.4 Å². The number of nitro groups is 1. The quantitative estimate of drug-likeness (QED) is 0.104. The molecule has 2 aliphatic heterocycles. The van der Waals surface area contributed by atoms with Crippen molar-refractivity contribution in [2.45, 2.75) is 143 Å². The third-order valence-corrected chi connectivity index (χ3v) is 16.2. The van der Waals surface area contributed by atoms with E-state index in [2.05, 4.69) is 71.6 Å². The van der Waals surface area contributed by atoms with Crippen molar-refractivity contribution in [3.05, 3.63) is 81.4 Å². The molecule has 0 N–H and O–H groups in total. The molecule has 0 saturated heterocycles. The minimum atomic E-state index is -0.905. The Morgan fingerprint density at radius 1 is 1.00 bits per heavy atom. The maximum atomic E-state index is 13.7. The van der Waals surface area contributed by atoms with E-state index >= 15 is 0 Å². The maximum absolute atomic E-state index is 13.7. The fourth-order valence-electron chi connectivity index (χ4n) is 13.2. The van der Waals surface area contributed by atoms with E-state index in [1.807, 2.05) is 24.3 Å². The Bertz CT molecular complexity index is 1880. The molecule has 0 amide bonds. The monoisotopic (exact) mass is 748 g/mol. The molecule has 0 radical (unpaired) electrons. The first kappa shape index (κ1) is 38.3. The number of para-hydroxylation sites is 1. The second-order valence-electron chi connectivity index (χ2n) is 19.8. The highest BCUT2D eigenvalue weighted by Gasteiger charge is 2.60. The SMILES string of the molecule is CC(C)CCC[C@@H](C)[C@H]1CC[C@H]2[C@@H]3CC=C4C[C@@H](OC(=O)CCN5c6ccccc6C(C)(C)[C@]56C=Cc5cc([N+](=O)[O-])ccc5O6)CC[C@]4(C)[C@H]3CC[C@]12C. The molecule has 0 aromatic heterocycles. The van der Waals surface area contributed by atoms with Crippen LogP contribution in [0.2, 0.25) is 0 Å². The van der Waals surface area contributed by atoms with E-state index in [4.69, 9.17) is 9.47 Å². The van der Waals surface area contributed by atoms with Crippen LogP contribution in [0.1, 0.15) is 137 Å². The third-order valence-electron chi connectivity index (χ3n) is 16.2. The highest BCUT2D eigenvalue weighted by Crippen LogP contribution is 2.67. The lowest BCUT2D eigenvalue weighted by Crippen LogP contribution is -2.60. The van der Waals surface area contributed by atoms with Gasteiger partial charge in [-0.25, -0.2) is 0 Å². The Balaban J connectivity index is 0.928. The van der Waals surface area contributed by atoms with E-state index in [0.29, 0.717) is 23.3 Å².